The Morgan fingerprint density at radius 3 is 2.46 bits per heavy atom. The van der Waals surface area contributed by atoms with Crippen LogP contribution in [-0.2, 0) is 9.84 Å². The highest BCUT2D eigenvalue weighted by Crippen LogP contribution is 2.51. The number of nitrogens with zero attached hydrogens (tertiary/aromatic N) is 2. The number of ether oxygens (including phenoxy) is 1. The first-order valence-corrected chi connectivity index (χ1v) is 8.38. The predicted octanol–water partition coefficient (Wildman–Crippen LogP) is 2.77. The number of alkyl halides is 2. The maximum Gasteiger partial charge on any atom is 0.379 e. The predicted molar refractivity (Wildman–Crippen MR) is 79.4 cm³/mol. The van der Waals surface area contributed by atoms with Crippen molar-refractivity contribution in [2.75, 3.05) is 0 Å². The Labute approximate surface area is 145 Å². The summed E-state index contributed by atoms with van der Waals surface area (Å²) in [6.45, 7) is 0. The third kappa shape index (κ3) is 2.39. The summed E-state index contributed by atoms with van der Waals surface area (Å²) in [5, 5.41) is 23.3. The Hall–Kier alpha value is -3.08. The number of hydrogen-bond donors (Lipinski definition) is 1. The molecule has 0 saturated carbocycles. The van der Waals surface area contributed by atoms with E-state index in [0.717, 1.165) is 30.3 Å². The van der Waals surface area contributed by atoms with E-state index in [1.165, 1.54) is 6.07 Å². The first kappa shape index (κ1) is 17.7. The molecule has 0 spiro atoms. The zero-order chi connectivity index (χ0) is 19.3. The Bertz CT molecular complexity index is 1120. The fourth-order valence-corrected chi connectivity index (χ4v) is 4.02. The lowest BCUT2D eigenvalue weighted by atomic mass is 10.0. The molecule has 1 aliphatic rings. The van der Waals surface area contributed by atoms with Gasteiger partial charge in [-0.15, -0.1) is 0 Å². The molecule has 0 aromatic heterocycles. The molecule has 0 bridgehead atoms. The zero-order valence-corrected chi connectivity index (χ0v) is 13.4. The van der Waals surface area contributed by atoms with Crippen molar-refractivity contribution in [1.82, 2.24) is 0 Å². The van der Waals surface area contributed by atoms with Crippen molar-refractivity contribution in [1.29, 1.82) is 10.5 Å². The molecule has 0 radical (unpaired) electrons. The van der Waals surface area contributed by atoms with E-state index < -0.39 is 43.0 Å². The summed E-state index contributed by atoms with van der Waals surface area (Å²) in [5.41, 5.74) is -1.50. The largest absolute Gasteiger partial charge is 0.456 e. The topological polar surface area (TPSA) is 111 Å². The van der Waals surface area contributed by atoms with Crippen LogP contribution in [0.25, 0.3) is 0 Å². The molecular weight excluding hydrogens is 373 g/mol. The number of aliphatic hydroxyl groups is 1. The molecule has 0 fully saturated rings. The van der Waals surface area contributed by atoms with Gasteiger partial charge in [-0.2, -0.15) is 19.3 Å². The second-order valence-corrected chi connectivity index (χ2v) is 7.31. The lowest BCUT2D eigenvalue weighted by Crippen LogP contribution is -2.28. The van der Waals surface area contributed by atoms with Crippen molar-refractivity contribution >= 4 is 9.84 Å². The number of hydrogen-bond acceptors (Lipinski definition) is 6. The number of nitriles is 2. The minimum absolute atomic E-state index is 0.0891. The van der Waals surface area contributed by atoms with Gasteiger partial charge in [-0.05, 0) is 24.3 Å². The Morgan fingerprint density at radius 2 is 1.85 bits per heavy atom. The normalized spacial score (nSPS) is 19.2. The maximum absolute atomic E-state index is 13.9. The number of rotatable bonds is 2. The van der Waals surface area contributed by atoms with Crippen LogP contribution in [0.5, 0.6) is 11.5 Å². The number of halogens is 3. The molecule has 2 aromatic rings. The lowest BCUT2D eigenvalue weighted by molar-refractivity contribution is -0.0377. The number of sulfone groups is 1. The molecule has 2 aromatic carbocycles. The molecule has 1 atom stereocenters. The maximum atomic E-state index is 13.9. The molecular formula is C16H7F3N2O4S. The van der Waals surface area contributed by atoms with E-state index >= 15 is 0 Å². The summed E-state index contributed by atoms with van der Waals surface area (Å²) >= 11 is 0. The SMILES string of the molecule is N#Cc1cc(F)cc(Oc2ccc3c(c2C#N)[C@@H](O)C(F)(F)S3(=O)=O)c1. The van der Waals surface area contributed by atoms with E-state index in [1.54, 1.807) is 6.07 Å². The quantitative estimate of drug-likeness (QED) is 0.858. The molecule has 10 heteroatoms. The van der Waals surface area contributed by atoms with Gasteiger partial charge in [0.1, 0.15) is 28.9 Å². The van der Waals surface area contributed by atoms with Gasteiger partial charge in [0, 0.05) is 11.6 Å². The average Bonchev–Trinajstić information content (AvgIpc) is 2.72. The van der Waals surface area contributed by atoms with Gasteiger partial charge in [-0.3, -0.25) is 0 Å². The number of benzene rings is 2. The Morgan fingerprint density at radius 1 is 1.15 bits per heavy atom. The van der Waals surface area contributed by atoms with Crippen molar-refractivity contribution in [3.8, 4) is 23.6 Å². The fourth-order valence-electron chi connectivity index (χ4n) is 2.56. The van der Waals surface area contributed by atoms with Crippen LogP contribution in [0, 0.1) is 28.5 Å². The van der Waals surface area contributed by atoms with Crippen LogP contribution in [0.15, 0.2) is 35.2 Å². The standard InChI is InChI=1S/C16H7F3N2O4S/c17-9-3-8(6-20)4-10(5-9)25-12-1-2-13-14(11(12)7-21)15(22)16(18,19)26(13,23)24/h1-5,15,22H/t15-/m1/s1. The molecule has 0 saturated heterocycles. The summed E-state index contributed by atoms with van der Waals surface area (Å²) in [7, 11) is -5.17. The highest BCUT2D eigenvalue weighted by molar-refractivity contribution is 7.92. The fraction of sp³-hybridized carbons (Fsp3) is 0.125. The van der Waals surface area contributed by atoms with Crippen molar-refractivity contribution in [3.63, 3.8) is 0 Å². The van der Waals surface area contributed by atoms with Crippen LogP contribution in [0.1, 0.15) is 22.8 Å². The van der Waals surface area contributed by atoms with Gasteiger partial charge >= 0.3 is 5.25 Å². The zero-order valence-electron chi connectivity index (χ0n) is 12.6. The minimum Gasteiger partial charge on any atom is -0.456 e. The summed E-state index contributed by atoms with van der Waals surface area (Å²) in [6, 6.07) is 7.88. The molecule has 0 unspecified atom stereocenters. The van der Waals surface area contributed by atoms with Gasteiger partial charge in [-0.1, -0.05) is 0 Å². The van der Waals surface area contributed by atoms with Crippen LogP contribution < -0.4 is 4.74 Å². The summed E-state index contributed by atoms with van der Waals surface area (Å²) in [5.74, 6) is -1.39. The van der Waals surface area contributed by atoms with Crippen molar-refractivity contribution in [3.05, 3.63) is 52.8 Å². The van der Waals surface area contributed by atoms with Crippen LogP contribution in [0.4, 0.5) is 13.2 Å². The van der Waals surface area contributed by atoms with Crippen molar-refractivity contribution in [2.24, 2.45) is 0 Å². The smallest absolute Gasteiger partial charge is 0.379 e. The molecule has 1 N–H and O–H groups in total. The third-order valence-electron chi connectivity index (χ3n) is 3.75. The van der Waals surface area contributed by atoms with E-state index in [4.69, 9.17) is 10.00 Å². The lowest BCUT2D eigenvalue weighted by Gasteiger charge is -2.13. The van der Waals surface area contributed by atoms with Gasteiger partial charge in [-0.25, -0.2) is 12.8 Å². The van der Waals surface area contributed by atoms with E-state index in [9.17, 15) is 32.0 Å². The van der Waals surface area contributed by atoms with Gasteiger partial charge in [0.25, 0.3) is 0 Å². The summed E-state index contributed by atoms with van der Waals surface area (Å²) < 4.78 is 70.1. The summed E-state index contributed by atoms with van der Waals surface area (Å²) in [6.07, 6.45) is -2.75. The van der Waals surface area contributed by atoms with Crippen molar-refractivity contribution in [2.45, 2.75) is 16.3 Å². The van der Waals surface area contributed by atoms with E-state index in [2.05, 4.69) is 0 Å². The van der Waals surface area contributed by atoms with Crippen LogP contribution in [-0.4, -0.2) is 18.8 Å². The van der Waals surface area contributed by atoms with Crippen LogP contribution in [0.3, 0.4) is 0 Å². The van der Waals surface area contributed by atoms with Gasteiger partial charge in [0.05, 0.1) is 16.5 Å². The third-order valence-corrected chi connectivity index (χ3v) is 5.62. The average molecular weight is 380 g/mol. The van der Waals surface area contributed by atoms with Gasteiger partial charge in [0.2, 0.25) is 9.84 Å². The molecule has 6 nitrogen and oxygen atoms in total. The first-order chi connectivity index (χ1) is 12.1. The van der Waals surface area contributed by atoms with Crippen LogP contribution >= 0.6 is 0 Å². The monoisotopic (exact) mass is 380 g/mol. The Kier molecular flexibility index (Phi) is 3.91. The van der Waals surface area contributed by atoms with Crippen LogP contribution in [0.2, 0.25) is 0 Å². The second kappa shape index (κ2) is 5.73. The van der Waals surface area contributed by atoms with E-state index in [-0.39, 0.29) is 17.1 Å². The molecule has 1 aliphatic heterocycles. The minimum atomic E-state index is -5.17. The first-order valence-electron chi connectivity index (χ1n) is 6.89. The molecule has 3 rings (SSSR count). The Balaban J connectivity index is 2.17. The van der Waals surface area contributed by atoms with Gasteiger partial charge in [0.15, 0.2) is 6.10 Å². The number of aliphatic hydroxyl groups excluding tert-OH is 1. The molecule has 1 heterocycles. The molecule has 26 heavy (non-hydrogen) atoms. The van der Waals surface area contributed by atoms with Crippen molar-refractivity contribution < 1.29 is 31.4 Å². The van der Waals surface area contributed by atoms with E-state index in [0.29, 0.717) is 0 Å². The molecule has 0 amide bonds. The summed E-state index contributed by atoms with van der Waals surface area (Å²) in [4.78, 5) is -0.879. The number of fused-ring (bicyclic) bond motifs is 1. The molecule has 132 valence electrons. The second-order valence-electron chi connectivity index (χ2n) is 5.32. The van der Waals surface area contributed by atoms with E-state index in [1.807, 2.05) is 0 Å². The molecule has 0 aliphatic carbocycles. The highest BCUT2D eigenvalue weighted by Gasteiger charge is 2.61. The van der Waals surface area contributed by atoms with Gasteiger partial charge < -0.3 is 9.84 Å². The highest BCUT2D eigenvalue weighted by atomic mass is 32.2.